The molecule has 1 unspecified atom stereocenters. The Morgan fingerprint density at radius 3 is 2.08 bits per heavy atom. The third-order valence-electron chi connectivity index (χ3n) is 7.88. The molecule has 48 heavy (non-hydrogen) atoms. The van der Waals surface area contributed by atoms with Gasteiger partial charge in [-0.15, -0.1) is 11.8 Å². The number of anilines is 1. The van der Waals surface area contributed by atoms with E-state index in [9.17, 15) is 19.5 Å². The van der Waals surface area contributed by atoms with Crippen molar-refractivity contribution in [3.8, 4) is 11.5 Å². The Labute approximate surface area is 282 Å². The van der Waals surface area contributed by atoms with Gasteiger partial charge in [-0.2, -0.15) is 0 Å². The first-order valence-electron chi connectivity index (χ1n) is 15.4. The van der Waals surface area contributed by atoms with Crippen LogP contribution in [0.5, 0.6) is 11.5 Å². The van der Waals surface area contributed by atoms with Crippen LogP contribution in [0.2, 0.25) is 0 Å². The summed E-state index contributed by atoms with van der Waals surface area (Å²) in [6, 6.07) is 36.2. The average Bonchev–Trinajstić information content (AvgIpc) is 3.46. The lowest BCUT2D eigenvalue weighted by molar-refractivity contribution is -0.113. The predicted molar refractivity (Wildman–Crippen MR) is 192 cm³/mol. The van der Waals surface area contributed by atoms with E-state index in [1.165, 1.54) is 37.1 Å². The van der Waals surface area contributed by atoms with Crippen molar-refractivity contribution in [1.29, 1.82) is 0 Å². The van der Waals surface area contributed by atoms with Gasteiger partial charge in [-0.1, -0.05) is 61.5 Å². The van der Waals surface area contributed by atoms with Gasteiger partial charge in [-0.25, -0.2) is 0 Å². The zero-order valence-corrected chi connectivity index (χ0v) is 27.2. The van der Waals surface area contributed by atoms with Crippen molar-refractivity contribution in [3.63, 3.8) is 0 Å². The fraction of sp³-hybridized carbons (Fsp3) is 0.103. The summed E-state index contributed by atoms with van der Waals surface area (Å²) in [5, 5.41) is 17.2. The first kappa shape index (κ1) is 32.2. The van der Waals surface area contributed by atoms with Crippen LogP contribution in [0.4, 0.5) is 5.69 Å². The number of hydrogen-bond acceptors (Lipinski definition) is 6. The Morgan fingerprint density at radius 2 is 1.46 bits per heavy atom. The number of carbonyl (C=O) groups is 3. The van der Waals surface area contributed by atoms with Crippen molar-refractivity contribution in [1.82, 2.24) is 9.88 Å². The van der Waals surface area contributed by atoms with E-state index >= 15 is 0 Å². The minimum absolute atomic E-state index is 0.00311. The summed E-state index contributed by atoms with van der Waals surface area (Å²) in [7, 11) is 1.45. The normalized spacial score (nSPS) is 12.1. The molecule has 1 heterocycles. The number of benzene rings is 5. The van der Waals surface area contributed by atoms with E-state index in [0.29, 0.717) is 29.0 Å². The molecule has 5 aromatic carbocycles. The Kier molecular flexibility index (Phi) is 9.59. The molecule has 0 fully saturated rings. The number of para-hydroxylation sites is 2. The highest BCUT2D eigenvalue weighted by atomic mass is 32.2. The molecule has 0 saturated heterocycles. The van der Waals surface area contributed by atoms with Crippen molar-refractivity contribution in [2.24, 2.45) is 0 Å². The number of ether oxygens (including phenoxy) is 1. The third-order valence-corrected chi connectivity index (χ3v) is 9.25. The van der Waals surface area contributed by atoms with E-state index in [4.69, 9.17) is 4.74 Å². The maximum absolute atomic E-state index is 14.0. The topological polar surface area (TPSA) is 110 Å². The van der Waals surface area contributed by atoms with Crippen molar-refractivity contribution in [3.05, 3.63) is 138 Å². The van der Waals surface area contributed by atoms with Gasteiger partial charge < -0.3 is 20.5 Å². The number of rotatable bonds is 10. The Morgan fingerprint density at radius 1 is 0.833 bits per heavy atom. The van der Waals surface area contributed by atoms with E-state index in [1.807, 2.05) is 72.2 Å². The number of aromatic nitrogens is 1. The molecule has 6 aromatic rings. The summed E-state index contributed by atoms with van der Waals surface area (Å²) in [5.74, 6) is -0.673. The standard InChI is InChI=1S/C39H33N3O5S/c1-3-36(39(46)42-33-15-9-7-13-30(33)31-14-8-10-16-34(31)42)48-29-21-18-27(19-22-29)40-38(45)32(41-37(44)25-11-5-4-6-12-25)23-26-17-20-28(43)24-35(26)47-2/h4-24,36,43H,3H2,1-2H3,(H,40,45)(H,41,44)/b32-23-. The van der Waals surface area contributed by atoms with Crippen LogP contribution in [0.3, 0.4) is 0 Å². The van der Waals surface area contributed by atoms with E-state index in [1.54, 1.807) is 48.5 Å². The highest BCUT2D eigenvalue weighted by Crippen LogP contribution is 2.33. The van der Waals surface area contributed by atoms with E-state index in [0.717, 1.165) is 26.7 Å². The van der Waals surface area contributed by atoms with Gasteiger partial charge in [-0.05, 0) is 73.2 Å². The highest BCUT2D eigenvalue weighted by Gasteiger charge is 2.24. The van der Waals surface area contributed by atoms with Crippen LogP contribution in [0.25, 0.3) is 27.9 Å². The fourth-order valence-corrected chi connectivity index (χ4v) is 6.50. The van der Waals surface area contributed by atoms with Crippen LogP contribution in [0.15, 0.2) is 132 Å². The molecule has 0 aliphatic heterocycles. The van der Waals surface area contributed by atoms with Crippen LogP contribution in [0, 0.1) is 0 Å². The van der Waals surface area contributed by atoms with Crippen molar-refractivity contribution >= 4 is 63.1 Å². The summed E-state index contributed by atoms with van der Waals surface area (Å²) < 4.78 is 7.19. The molecule has 1 atom stereocenters. The largest absolute Gasteiger partial charge is 0.508 e. The number of nitrogens with zero attached hydrogens (tertiary/aromatic N) is 1. The molecule has 0 aliphatic rings. The van der Waals surface area contributed by atoms with Gasteiger partial charge >= 0.3 is 0 Å². The van der Waals surface area contributed by atoms with Crippen molar-refractivity contribution in [2.45, 2.75) is 23.5 Å². The Balaban J connectivity index is 1.22. The molecule has 0 radical (unpaired) electrons. The van der Waals surface area contributed by atoms with Gasteiger partial charge in [0.15, 0.2) is 0 Å². The zero-order valence-electron chi connectivity index (χ0n) is 26.3. The minimum Gasteiger partial charge on any atom is -0.508 e. The number of fused-ring (bicyclic) bond motifs is 3. The lowest BCUT2D eigenvalue weighted by Gasteiger charge is -2.16. The van der Waals surface area contributed by atoms with Crippen LogP contribution in [-0.2, 0) is 4.79 Å². The summed E-state index contributed by atoms with van der Waals surface area (Å²) >= 11 is 1.47. The van der Waals surface area contributed by atoms with E-state index in [2.05, 4.69) is 10.6 Å². The highest BCUT2D eigenvalue weighted by molar-refractivity contribution is 8.00. The minimum atomic E-state index is -0.553. The van der Waals surface area contributed by atoms with Crippen LogP contribution in [-0.4, -0.2) is 39.8 Å². The predicted octanol–water partition coefficient (Wildman–Crippen LogP) is 8.13. The molecule has 1 aromatic heterocycles. The number of amides is 2. The lowest BCUT2D eigenvalue weighted by atomic mass is 10.1. The molecular weight excluding hydrogens is 623 g/mol. The second-order valence-corrected chi connectivity index (χ2v) is 12.3. The average molecular weight is 656 g/mol. The lowest BCUT2D eigenvalue weighted by Crippen LogP contribution is -2.30. The number of aromatic hydroxyl groups is 1. The fourth-order valence-electron chi connectivity index (χ4n) is 5.51. The maximum atomic E-state index is 14.0. The first-order chi connectivity index (χ1) is 23.4. The van der Waals surface area contributed by atoms with Gasteiger partial charge in [0, 0.05) is 38.5 Å². The number of methoxy groups -OCH3 is 1. The summed E-state index contributed by atoms with van der Waals surface area (Å²) in [5.41, 5.74) is 3.12. The second-order valence-electron chi connectivity index (χ2n) is 11.0. The molecule has 8 nitrogen and oxygen atoms in total. The number of phenols is 1. The quantitative estimate of drug-likeness (QED) is 0.102. The summed E-state index contributed by atoms with van der Waals surface area (Å²) in [4.78, 5) is 41.4. The van der Waals surface area contributed by atoms with Crippen LogP contribution < -0.4 is 15.4 Å². The molecule has 9 heteroatoms. The van der Waals surface area contributed by atoms with E-state index in [-0.39, 0.29) is 22.6 Å². The SMILES string of the molecule is CCC(Sc1ccc(NC(=O)/C(=C/c2ccc(O)cc2OC)NC(=O)c2ccccc2)cc1)C(=O)n1c2ccccc2c2ccccc21. The molecule has 3 N–H and O–H groups in total. The maximum Gasteiger partial charge on any atom is 0.272 e. The smallest absolute Gasteiger partial charge is 0.272 e. The molecule has 0 saturated carbocycles. The number of phenolic OH excluding ortho intramolecular Hbond substituents is 1. The van der Waals surface area contributed by atoms with Gasteiger partial charge in [-0.3, -0.25) is 19.0 Å². The van der Waals surface area contributed by atoms with Gasteiger partial charge in [0.2, 0.25) is 5.91 Å². The summed E-state index contributed by atoms with van der Waals surface area (Å²) in [6.07, 6.45) is 2.11. The molecule has 6 rings (SSSR count). The van der Waals surface area contributed by atoms with Gasteiger partial charge in [0.1, 0.15) is 17.2 Å². The first-order valence-corrected chi connectivity index (χ1v) is 16.3. The molecule has 0 spiro atoms. The Hall–Kier alpha value is -5.80. The monoisotopic (exact) mass is 655 g/mol. The molecule has 0 aliphatic carbocycles. The molecule has 240 valence electrons. The van der Waals surface area contributed by atoms with Crippen molar-refractivity contribution in [2.75, 3.05) is 12.4 Å². The van der Waals surface area contributed by atoms with Crippen molar-refractivity contribution < 1.29 is 24.2 Å². The Bertz CT molecular complexity index is 2100. The van der Waals surface area contributed by atoms with Gasteiger partial charge in [0.05, 0.1) is 23.4 Å². The van der Waals surface area contributed by atoms with Crippen LogP contribution >= 0.6 is 11.8 Å². The number of thioether (sulfide) groups is 1. The second kappa shape index (κ2) is 14.3. The third kappa shape index (κ3) is 6.82. The number of hydrogen-bond donors (Lipinski definition) is 3. The molecule has 0 bridgehead atoms. The van der Waals surface area contributed by atoms with E-state index < -0.39 is 11.8 Å². The number of nitrogens with one attached hydrogen (secondary N) is 2. The molecule has 2 amide bonds. The van der Waals surface area contributed by atoms with Gasteiger partial charge in [0.25, 0.3) is 11.8 Å². The summed E-state index contributed by atoms with van der Waals surface area (Å²) in [6.45, 7) is 2.00. The zero-order chi connectivity index (χ0) is 33.6. The molecular formula is C39H33N3O5S. The number of carbonyl (C=O) groups excluding carboxylic acids is 3. The van der Waals surface area contributed by atoms with Crippen LogP contribution in [0.1, 0.15) is 34.1 Å².